The number of hydrogen-bond donors (Lipinski definition) is 2. The molecule has 0 bridgehead atoms. The molecule has 2 spiro atoms. The third-order valence-electron chi connectivity index (χ3n) is 11.6. The molecule has 2 N–H and O–H groups in total. The van der Waals surface area contributed by atoms with Crippen LogP contribution in [0.5, 0.6) is 0 Å². The average Bonchev–Trinajstić information content (AvgIpc) is 3.00. The SMILES string of the molecule is OC1CCC2(CC1)CCC(/C=C\c1cccnc1)CC2C1CC(O)CCC12CCC(/C=C/c1cccnc1)CC2. The lowest BCUT2D eigenvalue weighted by molar-refractivity contribution is -0.115. The smallest absolute Gasteiger partial charge is 0.0543 e. The molecule has 2 heterocycles. The van der Waals surface area contributed by atoms with E-state index in [-0.39, 0.29) is 12.2 Å². The van der Waals surface area contributed by atoms with Crippen LogP contribution < -0.4 is 0 Å². The Bertz CT molecular complexity index is 1130. The molecule has 4 aliphatic rings. The molecule has 0 amide bonds. The molecule has 4 atom stereocenters. The number of allylic oxidation sites excluding steroid dienone is 2. The van der Waals surface area contributed by atoms with Gasteiger partial charge in [-0.25, -0.2) is 0 Å². The topological polar surface area (TPSA) is 66.2 Å². The van der Waals surface area contributed by atoms with Crippen molar-refractivity contribution in [3.05, 3.63) is 72.3 Å². The Kier molecular flexibility index (Phi) is 8.55. The first-order chi connectivity index (χ1) is 19.5. The Morgan fingerprint density at radius 2 is 1.07 bits per heavy atom. The van der Waals surface area contributed by atoms with Crippen LogP contribution in [0.3, 0.4) is 0 Å². The van der Waals surface area contributed by atoms with Gasteiger partial charge in [-0.2, -0.15) is 0 Å². The van der Waals surface area contributed by atoms with Gasteiger partial charge in [0, 0.05) is 24.8 Å². The predicted octanol–water partition coefficient (Wildman–Crippen LogP) is 7.88. The maximum atomic E-state index is 11.1. The first kappa shape index (κ1) is 27.8. The van der Waals surface area contributed by atoms with E-state index >= 15 is 0 Å². The summed E-state index contributed by atoms with van der Waals surface area (Å²) < 4.78 is 0. The van der Waals surface area contributed by atoms with Crippen LogP contribution in [-0.2, 0) is 0 Å². The number of pyridine rings is 2. The summed E-state index contributed by atoms with van der Waals surface area (Å²) in [6.07, 6.45) is 32.9. The standard InChI is InChI=1S/C36H48N2O2/c39-31-12-18-36(19-13-31)17-11-28(6-8-30-4-2-22-38-26-30)23-33(36)34-24-32(40)14-20-35(34)15-9-27(10-16-35)5-7-29-3-1-21-37-25-29/h1-8,21-22,25-28,31-34,39-40H,9-20,23-24H2/b7-5+,8-6-. The van der Waals surface area contributed by atoms with Crippen molar-refractivity contribution < 1.29 is 10.2 Å². The summed E-state index contributed by atoms with van der Waals surface area (Å²) in [4.78, 5) is 8.57. The molecule has 4 nitrogen and oxygen atoms in total. The number of nitrogens with zero attached hydrogens (tertiary/aromatic N) is 2. The number of hydrogen-bond acceptors (Lipinski definition) is 4. The number of rotatable bonds is 5. The maximum Gasteiger partial charge on any atom is 0.0543 e. The van der Waals surface area contributed by atoms with E-state index in [1.165, 1.54) is 62.5 Å². The lowest BCUT2D eigenvalue weighted by Gasteiger charge is -2.59. The van der Waals surface area contributed by atoms with Crippen LogP contribution >= 0.6 is 0 Å². The van der Waals surface area contributed by atoms with E-state index in [0.29, 0.717) is 34.5 Å². The minimum absolute atomic E-state index is 0.123. The van der Waals surface area contributed by atoms with Crippen LogP contribution in [-0.4, -0.2) is 32.4 Å². The van der Waals surface area contributed by atoms with Gasteiger partial charge < -0.3 is 10.2 Å². The molecule has 0 radical (unpaired) electrons. The molecule has 4 fully saturated rings. The molecule has 4 aliphatic carbocycles. The van der Waals surface area contributed by atoms with E-state index in [4.69, 9.17) is 0 Å². The lowest BCUT2D eigenvalue weighted by atomic mass is 9.46. The quantitative estimate of drug-likeness (QED) is 0.405. The van der Waals surface area contributed by atoms with Crippen LogP contribution in [0.4, 0.5) is 0 Å². The molecular weight excluding hydrogens is 492 g/mol. The summed E-state index contributed by atoms with van der Waals surface area (Å²) in [5.41, 5.74) is 3.07. The highest BCUT2D eigenvalue weighted by Crippen LogP contribution is 2.63. The number of aliphatic hydroxyl groups is 2. The normalized spacial score (nSPS) is 38.9. The number of aliphatic hydroxyl groups excluding tert-OH is 2. The Labute approximate surface area is 241 Å². The minimum Gasteiger partial charge on any atom is -0.393 e. The fraction of sp³-hybridized carbons (Fsp3) is 0.611. The fourth-order valence-corrected chi connectivity index (χ4v) is 9.28. The lowest BCUT2D eigenvalue weighted by Crippen LogP contribution is -2.52. The van der Waals surface area contributed by atoms with Crippen LogP contribution in [0.25, 0.3) is 12.2 Å². The largest absolute Gasteiger partial charge is 0.393 e. The van der Waals surface area contributed by atoms with Gasteiger partial charge >= 0.3 is 0 Å². The second-order valence-electron chi connectivity index (χ2n) is 13.8. The summed E-state index contributed by atoms with van der Waals surface area (Å²) in [6, 6.07) is 8.30. The first-order valence-electron chi connectivity index (χ1n) is 16.1. The van der Waals surface area contributed by atoms with Crippen molar-refractivity contribution in [2.45, 2.75) is 102 Å². The van der Waals surface area contributed by atoms with Crippen LogP contribution in [0.2, 0.25) is 0 Å². The van der Waals surface area contributed by atoms with E-state index in [1.54, 1.807) is 0 Å². The Hall–Kier alpha value is -2.30. The highest BCUT2D eigenvalue weighted by molar-refractivity contribution is 5.48. The Balaban J connectivity index is 1.23. The molecule has 2 aromatic rings. The summed E-state index contributed by atoms with van der Waals surface area (Å²) >= 11 is 0. The van der Waals surface area contributed by atoms with Gasteiger partial charge in [0.15, 0.2) is 0 Å². The monoisotopic (exact) mass is 540 g/mol. The van der Waals surface area contributed by atoms with Gasteiger partial charge in [0.1, 0.15) is 0 Å². The average molecular weight is 541 g/mol. The molecule has 2 aromatic heterocycles. The molecule has 6 rings (SSSR count). The highest BCUT2D eigenvalue weighted by atomic mass is 16.3. The molecular formula is C36H48N2O2. The van der Waals surface area contributed by atoms with Gasteiger partial charge in [-0.15, -0.1) is 0 Å². The molecule has 4 saturated carbocycles. The Morgan fingerprint density at radius 1 is 0.600 bits per heavy atom. The summed E-state index contributed by atoms with van der Waals surface area (Å²) in [5, 5.41) is 21.5. The molecule has 40 heavy (non-hydrogen) atoms. The van der Waals surface area contributed by atoms with Crippen LogP contribution in [0, 0.1) is 34.5 Å². The van der Waals surface area contributed by atoms with Crippen molar-refractivity contribution in [1.29, 1.82) is 0 Å². The van der Waals surface area contributed by atoms with Crippen molar-refractivity contribution in [1.82, 2.24) is 9.97 Å². The van der Waals surface area contributed by atoms with Crippen molar-refractivity contribution in [3.63, 3.8) is 0 Å². The second-order valence-corrected chi connectivity index (χ2v) is 13.8. The molecule has 4 heteroatoms. The molecule has 0 aromatic carbocycles. The van der Waals surface area contributed by atoms with Gasteiger partial charge in [-0.05, 0) is 148 Å². The summed E-state index contributed by atoms with van der Waals surface area (Å²) in [7, 11) is 0. The minimum atomic E-state index is -0.156. The zero-order valence-corrected chi connectivity index (χ0v) is 24.1. The zero-order chi connectivity index (χ0) is 27.4. The number of aromatic nitrogens is 2. The van der Waals surface area contributed by atoms with Gasteiger partial charge in [0.2, 0.25) is 0 Å². The first-order valence-corrected chi connectivity index (χ1v) is 16.1. The van der Waals surface area contributed by atoms with E-state index in [2.05, 4.69) is 46.4 Å². The fourth-order valence-electron chi connectivity index (χ4n) is 9.28. The molecule has 214 valence electrons. The second kappa shape index (κ2) is 12.3. The van der Waals surface area contributed by atoms with Crippen LogP contribution in [0.15, 0.2) is 61.2 Å². The van der Waals surface area contributed by atoms with Crippen molar-refractivity contribution in [2.75, 3.05) is 0 Å². The van der Waals surface area contributed by atoms with E-state index < -0.39 is 0 Å². The zero-order valence-electron chi connectivity index (χ0n) is 24.1. The van der Waals surface area contributed by atoms with Crippen molar-refractivity contribution >= 4 is 12.2 Å². The van der Waals surface area contributed by atoms with Gasteiger partial charge in [-0.3, -0.25) is 9.97 Å². The van der Waals surface area contributed by atoms with E-state index in [9.17, 15) is 10.2 Å². The summed E-state index contributed by atoms with van der Waals surface area (Å²) in [6.45, 7) is 0. The third-order valence-corrected chi connectivity index (χ3v) is 11.6. The highest BCUT2D eigenvalue weighted by Gasteiger charge is 2.55. The van der Waals surface area contributed by atoms with Crippen molar-refractivity contribution in [2.24, 2.45) is 34.5 Å². The maximum absolute atomic E-state index is 11.1. The van der Waals surface area contributed by atoms with Crippen LogP contribution in [0.1, 0.15) is 101 Å². The van der Waals surface area contributed by atoms with Gasteiger partial charge in [0.05, 0.1) is 12.2 Å². The van der Waals surface area contributed by atoms with E-state index in [0.717, 1.165) is 38.5 Å². The predicted molar refractivity (Wildman–Crippen MR) is 162 cm³/mol. The Morgan fingerprint density at radius 3 is 1.62 bits per heavy atom. The summed E-state index contributed by atoms with van der Waals surface area (Å²) in [5.74, 6) is 2.44. The van der Waals surface area contributed by atoms with E-state index in [1.807, 2.05) is 36.9 Å². The van der Waals surface area contributed by atoms with Gasteiger partial charge in [0.25, 0.3) is 0 Å². The van der Waals surface area contributed by atoms with Crippen molar-refractivity contribution in [3.8, 4) is 0 Å². The molecule has 4 unspecified atom stereocenters. The molecule has 0 saturated heterocycles. The van der Waals surface area contributed by atoms with Gasteiger partial charge in [-0.1, -0.05) is 36.4 Å². The third kappa shape index (κ3) is 6.14. The molecule has 0 aliphatic heterocycles.